The largest absolute Gasteiger partial charge is 0.480 e. The van der Waals surface area contributed by atoms with Crippen molar-refractivity contribution in [3.8, 4) is 0 Å². The highest BCUT2D eigenvalue weighted by Gasteiger charge is 2.43. The van der Waals surface area contributed by atoms with Gasteiger partial charge in [-0.1, -0.05) is 36.8 Å². The Morgan fingerprint density at radius 3 is 2.46 bits per heavy atom. The first-order valence-electron chi connectivity index (χ1n) is 7.91. The van der Waals surface area contributed by atoms with Crippen LogP contribution in [0.2, 0.25) is 0 Å². The molecule has 0 aromatic heterocycles. The fraction of sp³-hybridized carbons (Fsp3) is 0.529. The van der Waals surface area contributed by atoms with E-state index in [9.17, 15) is 27.9 Å². The molecule has 2 rings (SSSR count). The number of benzene rings is 1. The van der Waals surface area contributed by atoms with E-state index in [-0.39, 0.29) is 19.3 Å². The Morgan fingerprint density at radius 2 is 1.88 bits per heavy atom. The highest BCUT2D eigenvalue weighted by Crippen LogP contribution is 2.39. The van der Waals surface area contributed by atoms with E-state index >= 15 is 0 Å². The molecule has 3 atom stereocenters. The third-order valence-corrected chi connectivity index (χ3v) is 4.41. The molecule has 1 aromatic carbocycles. The lowest BCUT2D eigenvalue weighted by molar-refractivity contribution is -0.186. The lowest BCUT2D eigenvalue weighted by atomic mass is 9.80. The highest BCUT2D eigenvalue weighted by atomic mass is 19.4. The van der Waals surface area contributed by atoms with Gasteiger partial charge in [0.15, 0.2) is 0 Å². The SMILES string of the molecule is O=C(N[C@@H](Cc1ccccc1)C(=O)O)C1CCCC(C(F)(F)F)C1. The molecule has 132 valence electrons. The van der Waals surface area contributed by atoms with Crippen LogP contribution in [0.1, 0.15) is 31.2 Å². The van der Waals surface area contributed by atoms with Crippen LogP contribution in [0.3, 0.4) is 0 Å². The zero-order chi connectivity index (χ0) is 17.7. The van der Waals surface area contributed by atoms with E-state index in [2.05, 4.69) is 5.32 Å². The highest BCUT2D eigenvalue weighted by molar-refractivity contribution is 5.85. The molecule has 1 saturated carbocycles. The van der Waals surface area contributed by atoms with Crippen molar-refractivity contribution >= 4 is 11.9 Å². The number of rotatable bonds is 5. The molecule has 0 radical (unpaired) electrons. The second kappa shape index (κ2) is 7.68. The maximum absolute atomic E-state index is 12.8. The number of halogens is 3. The van der Waals surface area contributed by atoms with Crippen LogP contribution < -0.4 is 5.32 Å². The predicted octanol–water partition coefficient (Wildman–Crippen LogP) is 3.17. The van der Waals surface area contributed by atoms with Crippen LogP contribution in [0.25, 0.3) is 0 Å². The summed E-state index contributed by atoms with van der Waals surface area (Å²) in [6, 6.07) is 7.63. The summed E-state index contributed by atoms with van der Waals surface area (Å²) in [6.45, 7) is 0. The van der Waals surface area contributed by atoms with Crippen LogP contribution in [0.5, 0.6) is 0 Å². The molecule has 4 nitrogen and oxygen atoms in total. The molecule has 1 aromatic rings. The number of hydrogen-bond acceptors (Lipinski definition) is 2. The molecular formula is C17H20F3NO3. The van der Waals surface area contributed by atoms with Gasteiger partial charge in [-0.15, -0.1) is 0 Å². The van der Waals surface area contributed by atoms with Crippen molar-refractivity contribution in [2.75, 3.05) is 0 Å². The summed E-state index contributed by atoms with van der Waals surface area (Å²) in [4.78, 5) is 23.6. The molecule has 2 N–H and O–H groups in total. The third-order valence-electron chi connectivity index (χ3n) is 4.41. The Kier molecular flexibility index (Phi) is 5.85. The number of carboxylic acid groups (broad SMARTS) is 1. The number of carboxylic acids is 1. The number of aliphatic carboxylic acids is 1. The predicted molar refractivity (Wildman–Crippen MR) is 81.2 cm³/mol. The Hall–Kier alpha value is -2.05. The Morgan fingerprint density at radius 1 is 1.21 bits per heavy atom. The van der Waals surface area contributed by atoms with Crippen molar-refractivity contribution in [3.05, 3.63) is 35.9 Å². The molecular weight excluding hydrogens is 323 g/mol. The maximum Gasteiger partial charge on any atom is 0.391 e. The molecule has 1 aliphatic rings. The zero-order valence-corrected chi connectivity index (χ0v) is 13.1. The Bertz CT molecular complexity index is 574. The molecule has 0 saturated heterocycles. The average Bonchev–Trinajstić information content (AvgIpc) is 2.54. The van der Waals surface area contributed by atoms with Crippen LogP contribution in [0.15, 0.2) is 30.3 Å². The van der Waals surface area contributed by atoms with E-state index in [1.165, 1.54) is 0 Å². The molecule has 1 amide bonds. The van der Waals surface area contributed by atoms with Gasteiger partial charge in [-0.3, -0.25) is 4.79 Å². The van der Waals surface area contributed by atoms with Gasteiger partial charge < -0.3 is 10.4 Å². The Labute approximate surface area is 138 Å². The second-order valence-electron chi connectivity index (χ2n) is 6.19. The summed E-state index contributed by atoms with van der Waals surface area (Å²) in [5.41, 5.74) is 0.738. The summed E-state index contributed by atoms with van der Waals surface area (Å²) < 4.78 is 38.5. The molecule has 24 heavy (non-hydrogen) atoms. The smallest absolute Gasteiger partial charge is 0.391 e. The quantitative estimate of drug-likeness (QED) is 0.863. The molecule has 1 aliphatic carbocycles. The Balaban J connectivity index is 1.98. The minimum Gasteiger partial charge on any atom is -0.480 e. The standard InChI is InChI=1S/C17H20F3NO3/c18-17(19,20)13-8-4-7-12(10-13)15(22)21-14(16(23)24)9-11-5-2-1-3-6-11/h1-3,5-6,12-14H,4,7-10H2,(H,21,22)(H,23,24)/t12?,13?,14-/m0/s1. The van der Waals surface area contributed by atoms with E-state index < -0.39 is 35.9 Å². The van der Waals surface area contributed by atoms with E-state index in [1.807, 2.05) is 0 Å². The van der Waals surface area contributed by atoms with Gasteiger partial charge in [-0.2, -0.15) is 13.2 Å². The van der Waals surface area contributed by atoms with Crippen molar-refractivity contribution in [2.24, 2.45) is 11.8 Å². The number of alkyl halides is 3. The monoisotopic (exact) mass is 343 g/mol. The van der Waals surface area contributed by atoms with Gasteiger partial charge in [0.1, 0.15) is 6.04 Å². The zero-order valence-electron chi connectivity index (χ0n) is 13.1. The molecule has 1 fully saturated rings. The second-order valence-corrected chi connectivity index (χ2v) is 6.19. The minimum absolute atomic E-state index is 0.0274. The molecule has 0 bridgehead atoms. The van der Waals surface area contributed by atoms with Crippen LogP contribution in [-0.2, 0) is 16.0 Å². The molecule has 0 heterocycles. The van der Waals surface area contributed by atoms with Gasteiger partial charge in [0.2, 0.25) is 5.91 Å². The molecule has 0 spiro atoms. The van der Waals surface area contributed by atoms with Gasteiger partial charge in [0.25, 0.3) is 0 Å². The fourth-order valence-corrected chi connectivity index (χ4v) is 3.06. The van der Waals surface area contributed by atoms with Crippen molar-refractivity contribution < 1.29 is 27.9 Å². The normalized spacial score (nSPS) is 22.6. The van der Waals surface area contributed by atoms with E-state index in [0.717, 1.165) is 5.56 Å². The van der Waals surface area contributed by atoms with Crippen molar-refractivity contribution in [1.82, 2.24) is 5.32 Å². The number of carbonyl (C=O) groups excluding carboxylic acids is 1. The minimum atomic E-state index is -4.31. The summed E-state index contributed by atoms with van der Waals surface area (Å²) in [5, 5.41) is 11.7. The van der Waals surface area contributed by atoms with Gasteiger partial charge in [0, 0.05) is 12.3 Å². The molecule has 2 unspecified atom stereocenters. The van der Waals surface area contributed by atoms with Gasteiger partial charge in [-0.05, 0) is 24.8 Å². The number of hydrogen-bond donors (Lipinski definition) is 2. The van der Waals surface area contributed by atoms with E-state index in [1.54, 1.807) is 30.3 Å². The van der Waals surface area contributed by atoms with Crippen LogP contribution >= 0.6 is 0 Å². The lowest BCUT2D eigenvalue weighted by Gasteiger charge is -2.30. The summed E-state index contributed by atoms with van der Waals surface area (Å²) in [5.74, 6) is -4.08. The molecule has 7 heteroatoms. The van der Waals surface area contributed by atoms with Gasteiger partial charge >= 0.3 is 12.1 Å². The maximum atomic E-state index is 12.8. The topological polar surface area (TPSA) is 66.4 Å². The lowest BCUT2D eigenvalue weighted by Crippen LogP contribution is -2.46. The van der Waals surface area contributed by atoms with Crippen molar-refractivity contribution in [3.63, 3.8) is 0 Å². The first-order chi connectivity index (χ1) is 11.3. The van der Waals surface area contributed by atoms with Crippen LogP contribution in [-0.4, -0.2) is 29.2 Å². The first kappa shape index (κ1) is 18.3. The van der Waals surface area contributed by atoms with E-state index in [4.69, 9.17) is 0 Å². The molecule has 0 aliphatic heterocycles. The summed E-state index contributed by atoms with van der Waals surface area (Å²) >= 11 is 0. The number of nitrogens with one attached hydrogen (secondary N) is 1. The van der Waals surface area contributed by atoms with Crippen LogP contribution in [0, 0.1) is 11.8 Å². The van der Waals surface area contributed by atoms with Crippen LogP contribution in [0.4, 0.5) is 13.2 Å². The van der Waals surface area contributed by atoms with Gasteiger partial charge in [0.05, 0.1) is 5.92 Å². The summed E-state index contributed by atoms with van der Waals surface area (Å²) in [6.07, 6.45) is -3.78. The van der Waals surface area contributed by atoms with E-state index in [0.29, 0.717) is 12.8 Å². The fourth-order valence-electron chi connectivity index (χ4n) is 3.06. The number of amides is 1. The van der Waals surface area contributed by atoms with Crippen molar-refractivity contribution in [2.45, 2.75) is 44.3 Å². The number of carbonyl (C=O) groups is 2. The van der Waals surface area contributed by atoms with Crippen molar-refractivity contribution in [1.29, 1.82) is 0 Å². The summed E-state index contributed by atoms with van der Waals surface area (Å²) in [7, 11) is 0. The van der Waals surface area contributed by atoms with Gasteiger partial charge in [-0.25, -0.2) is 4.79 Å². The first-order valence-corrected chi connectivity index (χ1v) is 7.91. The average molecular weight is 343 g/mol. The third kappa shape index (κ3) is 4.97.